The standard InChI is InChI=1S/C24H26N4O2.2ClH/c1-14(2)28-24(27)16-7-9-22-18(11-16)13-20(30-22)5-3-4-19-12-17-10-15(23(25)26)6-8-21(17)29-19;;/h6-14H,3-5H2,1-2H3,(H3,25,26)(H2,27,28);2*1H. The highest BCUT2D eigenvalue weighted by Crippen LogP contribution is 2.24. The highest BCUT2D eigenvalue weighted by atomic mass is 35.5. The minimum Gasteiger partial charge on any atom is -0.461 e. The number of aryl methyl sites for hydroxylation is 2. The van der Waals surface area contributed by atoms with Gasteiger partial charge in [-0.3, -0.25) is 10.4 Å². The largest absolute Gasteiger partial charge is 0.461 e. The quantitative estimate of drug-likeness (QED) is 0.239. The van der Waals surface area contributed by atoms with Crippen molar-refractivity contribution in [1.29, 1.82) is 5.41 Å². The molecule has 0 atom stereocenters. The van der Waals surface area contributed by atoms with Gasteiger partial charge in [0.05, 0.1) is 0 Å². The van der Waals surface area contributed by atoms with Crippen LogP contribution in [0, 0.1) is 5.41 Å². The molecule has 6 nitrogen and oxygen atoms in total. The number of nitrogen functional groups attached to an aromatic ring is 1. The Morgan fingerprint density at radius 1 is 0.844 bits per heavy atom. The van der Waals surface area contributed by atoms with Crippen molar-refractivity contribution in [2.75, 3.05) is 0 Å². The van der Waals surface area contributed by atoms with E-state index >= 15 is 0 Å². The summed E-state index contributed by atoms with van der Waals surface area (Å²) in [4.78, 5) is 4.41. The van der Waals surface area contributed by atoms with E-state index in [0.717, 1.165) is 58.3 Å². The van der Waals surface area contributed by atoms with Crippen LogP contribution in [0.1, 0.15) is 42.9 Å². The summed E-state index contributed by atoms with van der Waals surface area (Å²) in [7, 11) is 0. The Morgan fingerprint density at radius 3 is 1.84 bits per heavy atom. The number of nitrogens with zero attached hydrogens (tertiary/aromatic N) is 1. The maximum atomic E-state index is 7.56. The van der Waals surface area contributed by atoms with E-state index in [2.05, 4.69) is 11.1 Å². The number of aliphatic imine (C=N–C) groups is 1. The molecule has 0 saturated carbocycles. The van der Waals surface area contributed by atoms with Crippen LogP contribution in [0.2, 0.25) is 0 Å². The number of nitrogens with one attached hydrogen (secondary N) is 1. The van der Waals surface area contributed by atoms with Gasteiger partial charge in [0, 0.05) is 40.8 Å². The zero-order valence-electron chi connectivity index (χ0n) is 18.1. The molecule has 0 radical (unpaired) electrons. The molecule has 0 aliphatic heterocycles. The van der Waals surface area contributed by atoms with Crippen molar-refractivity contribution in [2.45, 2.75) is 39.2 Å². The van der Waals surface area contributed by atoms with Crippen molar-refractivity contribution < 1.29 is 8.83 Å². The molecule has 2 heterocycles. The molecule has 5 N–H and O–H groups in total. The van der Waals surface area contributed by atoms with Crippen molar-refractivity contribution in [3.8, 4) is 0 Å². The lowest BCUT2D eigenvalue weighted by molar-refractivity contribution is 0.510. The number of halogens is 2. The molecule has 0 amide bonds. The minimum absolute atomic E-state index is 0. The van der Waals surface area contributed by atoms with Crippen LogP contribution in [0.4, 0.5) is 0 Å². The van der Waals surface area contributed by atoms with Crippen molar-refractivity contribution in [2.24, 2.45) is 16.5 Å². The van der Waals surface area contributed by atoms with Crippen LogP contribution in [0.25, 0.3) is 21.9 Å². The first-order chi connectivity index (χ1) is 14.4. The average Bonchev–Trinajstić information content (AvgIpc) is 3.28. The van der Waals surface area contributed by atoms with Gasteiger partial charge >= 0.3 is 0 Å². The average molecular weight is 475 g/mol. The molecule has 32 heavy (non-hydrogen) atoms. The van der Waals surface area contributed by atoms with Crippen molar-refractivity contribution in [1.82, 2.24) is 0 Å². The summed E-state index contributed by atoms with van der Waals surface area (Å²) in [6.07, 6.45) is 2.53. The molecule has 0 fully saturated rings. The fourth-order valence-corrected chi connectivity index (χ4v) is 3.56. The third-order valence-corrected chi connectivity index (χ3v) is 4.99. The zero-order chi connectivity index (χ0) is 21.3. The second-order valence-electron chi connectivity index (χ2n) is 7.81. The summed E-state index contributed by atoms with van der Waals surface area (Å²) < 4.78 is 11.9. The van der Waals surface area contributed by atoms with Gasteiger partial charge in [-0.25, -0.2) is 0 Å². The summed E-state index contributed by atoms with van der Waals surface area (Å²) >= 11 is 0. The molecular formula is C24H28Cl2N4O2. The van der Waals surface area contributed by atoms with E-state index < -0.39 is 0 Å². The second kappa shape index (κ2) is 10.6. The van der Waals surface area contributed by atoms with Gasteiger partial charge in [-0.2, -0.15) is 0 Å². The van der Waals surface area contributed by atoms with Gasteiger partial charge in [-0.15, -0.1) is 24.8 Å². The first-order valence-electron chi connectivity index (χ1n) is 10.1. The van der Waals surface area contributed by atoms with E-state index in [4.69, 9.17) is 25.7 Å². The molecule has 0 aliphatic carbocycles. The molecule has 0 bridgehead atoms. The van der Waals surface area contributed by atoms with Gasteiger partial charge in [0.1, 0.15) is 34.4 Å². The Balaban J connectivity index is 0.00000181. The van der Waals surface area contributed by atoms with Crippen LogP contribution in [0.5, 0.6) is 0 Å². The summed E-state index contributed by atoms with van der Waals surface area (Å²) in [6, 6.07) is 15.7. The van der Waals surface area contributed by atoms with Crippen LogP contribution in [0.3, 0.4) is 0 Å². The van der Waals surface area contributed by atoms with Gasteiger partial charge in [0.2, 0.25) is 0 Å². The molecule has 0 aliphatic rings. The lowest BCUT2D eigenvalue weighted by Gasteiger charge is -2.03. The Bertz CT molecular complexity index is 1260. The number of furan rings is 2. The van der Waals surface area contributed by atoms with Gasteiger partial charge in [-0.1, -0.05) is 0 Å². The third kappa shape index (κ3) is 5.64. The summed E-state index contributed by atoms with van der Waals surface area (Å²) in [6.45, 7) is 4.01. The Hall–Kier alpha value is -2.96. The van der Waals surface area contributed by atoms with Crippen LogP contribution < -0.4 is 11.5 Å². The van der Waals surface area contributed by atoms with E-state index in [-0.39, 0.29) is 36.7 Å². The molecule has 8 heteroatoms. The number of hydrogen-bond acceptors (Lipinski definition) is 4. The Labute approximate surface area is 199 Å². The maximum absolute atomic E-state index is 7.56. The molecular weight excluding hydrogens is 447 g/mol. The molecule has 0 saturated heterocycles. The SMILES string of the molecule is CC(C)N=C(N)c1ccc2oc(CCCc3cc4cc(C(=N)N)ccc4o3)cc2c1.Cl.Cl. The monoisotopic (exact) mass is 474 g/mol. The normalized spacial score (nSPS) is 11.5. The Morgan fingerprint density at radius 2 is 1.34 bits per heavy atom. The van der Waals surface area contributed by atoms with Crippen LogP contribution in [-0.2, 0) is 12.8 Å². The number of rotatable bonds is 7. The lowest BCUT2D eigenvalue weighted by atomic mass is 10.1. The van der Waals surface area contributed by atoms with E-state index in [1.54, 1.807) is 6.07 Å². The van der Waals surface area contributed by atoms with Gasteiger partial charge in [0.25, 0.3) is 0 Å². The van der Waals surface area contributed by atoms with Crippen molar-refractivity contribution >= 4 is 58.4 Å². The molecule has 4 rings (SSSR count). The predicted octanol–water partition coefficient (Wildman–Crippen LogP) is 5.60. The highest BCUT2D eigenvalue weighted by Gasteiger charge is 2.09. The minimum atomic E-state index is 0. The predicted molar refractivity (Wildman–Crippen MR) is 136 cm³/mol. The van der Waals surface area contributed by atoms with Crippen molar-refractivity contribution in [3.63, 3.8) is 0 Å². The summed E-state index contributed by atoms with van der Waals surface area (Å²) in [5.74, 6) is 2.47. The summed E-state index contributed by atoms with van der Waals surface area (Å²) in [5.41, 5.74) is 14.9. The van der Waals surface area contributed by atoms with Crippen LogP contribution >= 0.6 is 24.8 Å². The molecule has 4 aromatic rings. The molecule has 0 spiro atoms. The van der Waals surface area contributed by atoms with Gasteiger partial charge < -0.3 is 20.3 Å². The van der Waals surface area contributed by atoms with Crippen LogP contribution in [0.15, 0.2) is 62.4 Å². The fraction of sp³-hybridized carbons (Fsp3) is 0.250. The van der Waals surface area contributed by atoms with E-state index in [1.165, 1.54) is 0 Å². The lowest BCUT2D eigenvalue weighted by Crippen LogP contribution is -2.15. The van der Waals surface area contributed by atoms with Crippen LogP contribution in [-0.4, -0.2) is 17.7 Å². The third-order valence-electron chi connectivity index (χ3n) is 4.99. The van der Waals surface area contributed by atoms with E-state index in [9.17, 15) is 0 Å². The summed E-state index contributed by atoms with van der Waals surface area (Å²) in [5, 5.41) is 9.56. The smallest absolute Gasteiger partial charge is 0.134 e. The molecule has 170 valence electrons. The van der Waals surface area contributed by atoms with Crippen molar-refractivity contribution in [3.05, 3.63) is 71.2 Å². The van der Waals surface area contributed by atoms with E-state index in [1.807, 2.05) is 50.2 Å². The fourth-order valence-electron chi connectivity index (χ4n) is 3.56. The number of nitrogens with two attached hydrogens (primary N) is 2. The zero-order valence-corrected chi connectivity index (χ0v) is 19.7. The van der Waals surface area contributed by atoms with E-state index in [0.29, 0.717) is 11.4 Å². The highest BCUT2D eigenvalue weighted by molar-refractivity contribution is 6.00. The number of amidine groups is 2. The number of benzene rings is 2. The number of hydrogen-bond donors (Lipinski definition) is 3. The maximum Gasteiger partial charge on any atom is 0.134 e. The Kier molecular flexibility index (Phi) is 8.36. The number of fused-ring (bicyclic) bond motifs is 2. The molecule has 2 aromatic carbocycles. The molecule has 0 unspecified atom stereocenters. The first-order valence-corrected chi connectivity index (χ1v) is 10.1. The second-order valence-corrected chi connectivity index (χ2v) is 7.81. The molecule has 2 aromatic heterocycles. The first kappa shape index (κ1) is 25.3. The topological polar surface area (TPSA) is 115 Å². The van der Waals surface area contributed by atoms with Gasteiger partial charge in [0.15, 0.2) is 0 Å². The van der Waals surface area contributed by atoms with Gasteiger partial charge in [-0.05, 0) is 68.8 Å².